The van der Waals surface area contributed by atoms with Crippen molar-refractivity contribution in [2.75, 3.05) is 12.4 Å². The van der Waals surface area contributed by atoms with Gasteiger partial charge >= 0.3 is 5.97 Å². The number of amides is 1. The molecule has 0 saturated heterocycles. The van der Waals surface area contributed by atoms with Crippen LogP contribution in [-0.2, 0) is 11.8 Å². The molecule has 0 aliphatic rings. The molecule has 0 bridgehead atoms. The lowest BCUT2D eigenvalue weighted by molar-refractivity contribution is 0.0600. The fraction of sp³-hybridized carbons (Fsp3) is 0.105. The molecule has 26 heavy (non-hydrogen) atoms. The van der Waals surface area contributed by atoms with Crippen molar-refractivity contribution in [1.82, 2.24) is 4.57 Å². The zero-order valence-corrected chi connectivity index (χ0v) is 14.1. The van der Waals surface area contributed by atoms with Crippen LogP contribution in [-0.4, -0.2) is 23.6 Å². The first kappa shape index (κ1) is 17.3. The van der Waals surface area contributed by atoms with Crippen LogP contribution in [0.1, 0.15) is 20.7 Å². The summed E-state index contributed by atoms with van der Waals surface area (Å²) in [6.45, 7) is 0. The molecule has 0 saturated carbocycles. The van der Waals surface area contributed by atoms with Gasteiger partial charge in [-0.05, 0) is 36.4 Å². The van der Waals surface area contributed by atoms with E-state index in [1.54, 1.807) is 29.8 Å². The maximum Gasteiger partial charge on any atom is 0.337 e. The molecule has 0 unspecified atom stereocenters. The normalized spacial score (nSPS) is 10.6. The van der Waals surface area contributed by atoms with E-state index in [4.69, 9.17) is 0 Å². The van der Waals surface area contributed by atoms with E-state index in [-0.39, 0.29) is 16.5 Å². The van der Waals surface area contributed by atoms with E-state index in [0.29, 0.717) is 11.2 Å². The van der Waals surface area contributed by atoms with Crippen molar-refractivity contribution in [2.45, 2.75) is 0 Å². The second-order valence-electron chi connectivity index (χ2n) is 5.67. The van der Waals surface area contributed by atoms with E-state index in [1.807, 2.05) is 0 Å². The number of pyridine rings is 1. The molecule has 1 amide bonds. The Labute approximate surface area is 147 Å². The predicted molar refractivity (Wildman–Crippen MR) is 94.9 cm³/mol. The highest BCUT2D eigenvalue weighted by Gasteiger charge is 2.16. The molecule has 1 N–H and O–H groups in total. The maximum atomic E-state index is 13.5. The van der Waals surface area contributed by atoms with Crippen molar-refractivity contribution in [1.29, 1.82) is 0 Å². The van der Waals surface area contributed by atoms with Crippen LogP contribution in [0.25, 0.3) is 10.9 Å². The van der Waals surface area contributed by atoms with Gasteiger partial charge in [-0.15, -0.1) is 0 Å². The van der Waals surface area contributed by atoms with Gasteiger partial charge in [-0.1, -0.05) is 6.07 Å². The third-order valence-corrected chi connectivity index (χ3v) is 3.94. The van der Waals surface area contributed by atoms with Crippen molar-refractivity contribution < 1.29 is 18.7 Å². The van der Waals surface area contributed by atoms with Gasteiger partial charge in [-0.2, -0.15) is 0 Å². The van der Waals surface area contributed by atoms with Gasteiger partial charge in [0.1, 0.15) is 11.4 Å². The number of nitrogens with one attached hydrogen (secondary N) is 1. The number of halogens is 1. The molecule has 3 rings (SSSR count). The Morgan fingerprint density at radius 1 is 1.15 bits per heavy atom. The number of hydrogen-bond acceptors (Lipinski definition) is 4. The third-order valence-electron chi connectivity index (χ3n) is 3.94. The van der Waals surface area contributed by atoms with E-state index < -0.39 is 23.1 Å². The number of anilines is 1. The number of hydrogen-bond donors (Lipinski definition) is 1. The van der Waals surface area contributed by atoms with E-state index in [9.17, 15) is 18.8 Å². The van der Waals surface area contributed by atoms with Gasteiger partial charge in [0.2, 0.25) is 5.43 Å². The second-order valence-corrected chi connectivity index (χ2v) is 5.67. The van der Waals surface area contributed by atoms with Gasteiger partial charge < -0.3 is 14.6 Å². The van der Waals surface area contributed by atoms with Crippen LogP contribution in [0.2, 0.25) is 0 Å². The van der Waals surface area contributed by atoms with E-state index in [2.05, 4.69) is 10.1 Å². The molecule has 0 spiro atoms. The lowest BCUT2D eigenvalue weighted by Gasteiger charge is -2.10. The molecule has 0 fully saturated rings. The summed E-state index contributed by atoms with van der Waals surface area (Å²) in [6.07, 6.45) is 1.39. The molecule has 0 aliphatic heterocycles. The van der Waals surface area contributed by atoms with Crippen LogP contribution in [0.4, 0.5) is 10.1 Å². The SMILES string of the molecule is COC(=O)c1cccc(NC(=O)c2cn(C)c3ccc(F)cc3c2=O)c1. The summed E-state index contributed by atoms with van der Waals surface area (Å²) in [5.41, 5.74) is 0.409. The first-order chi connectivity index (χ1) is 12.4. The van der Waals surface area contributed by atoms with Gasteiger partial charge in [-0.3, -0.25) is 9.59 Å². The second kappa shape index (κ2) is 6.79. The Kier molecular flexibility index (Phi) is 4.53. The number of aromatic nitrogens is 1. The van der Waals surface area contributed by atoms with Crippen molar-refractivity contribution in [2.24, 2.45) is 7.05 Å². The van der Waals surface area contributed by atoms with E-state index in [0.717, 1.165) is 6.07 Å². The van der Waals surface area contributed by atoms with Crippen LogP contribution >= 0.6 is 0 Å². The van der Waals surface area contributed by atoms with Gasteiger partial charge in [0.25, 0.3) is 5.91 Å². The highest BCUT2D eigenvalue weighted by Crippen LogP contribution is 2.15. The smallest absolute Gasteiger partial charge is 0.337 e. The average Bonchev–Trinajstić information content (AvgIpc) is 2.64. The Hall–Kier alpha value is -3.48. The molecule has 3 aromatic rings. The number of ether oxygens (including phenoxy) is 1. The summed E-state index contributed by atoms with van der Waals surface area (Å²) in [4.78, 5) is 36.7. The van der Waals surface area contributed by atoms with E-state index in [1.165, 1.54) is 31.5 Å². The Balaban J connectivity index is 2.00. The molecule has 2 aromatic carbocycles. The number of carbonyl (C=O) groups is 2. The highest BCUT2D eigenvalue weighted by atomic mass is 19.1. The molecular weight excluding hydrogens is 339 g/mol. The first-order valence-corrected chi connectivity index (χ1v) is 7.69. The maximum absolute atomic E-state index is 13.5. The summed E-state index contributed by atoms with van der Waals surface area (Å²) in [5, 5.41) is 2.69. The predicted octanol–water partition coefficient (Wildman–Crippen LogP) is 2.72. The summed E-state index contributed by atoms with van der Waals surface area (Å²) < 4.78 is 19.7. The Morgan fingerprint density at radius 2 is 1.92 bits per heavy atom. The van der Waals surface area contributed by atoms with Gasteiger partial charge in [-0.25, -0.2) is 9.18 Å². The number of methoxy groups -OCH3 is 1. The number of rotatable bonds is 3. The van der Waals surface area contributed by atoms with Crippen LogP contribution in [0.15, 0.2) is 53.5 Å². The number of esters is 1. The number of fused-ring (bicyclic) bond motifs is 1. The molecule has 7 heteroatoms. The molecule has 1 aromatic heterocycles. The number of aryl methyl sites for hydroxylation is 1. The van der Waals surface area contributed by atoms with Crippen molar-refractivity contribution in [3.63, 3.8) is 0 Å². The molecule has 0 atom stereocenters. The van der Waals surface area contributed by atoms with Gasteiger partial charge in [0.05, 0.1) is 18.2 Å². The Bertz CT molecular complexity index is 1090. The molecule has 0 radical (unpaired) electrons. The number of carbonyl (C=O) groups excluding carboxylic acids is 2. The van der Waals surface area contributed by atoms with Crippen molar-refractivity contribution >= 4 is 28.5 Å². The number of benzene rings is 2. The summed E-state index contributed by atoms with van der Waals surface area (Å²) in [5.74, 6) is -1.75. The van der Waals surface area contributed by atoms with Crippen LogP contribution < -0.4 is 10.7 Å². The zero-order chi connectivity index (χ0) is 18.8. The minimum Gasteiger partial charge on any atom is -0.465 e. The van der Waals surface area contributed by atoms with Crippen molar-refractivity contribution in [3.8, 4) is 0 Å². The molecule has 0 aliphatic carbocycles. The van der Waals surface area contributed by atoms with Gasteiger partial charge in [0.15, 0.2) is 0 Å². The average molecular weight is 354 g/mol. The largest absolute Gasteiger partial charge is 0.465 e. The summed E-state index contributed by atoms with van der Waals surface area (Å²) >= 11 is 0. The lowest BCUT2D eigenvalue weighted by atomic mass is 10.1. The summed E-state index contributed by atoms with van der Waals surface area (Å²) in [6, 6.07) is 9.97. The number of nitrogens with zero attached hydrogens (tertiary/aromatic N) is 1. The minimum absolute atomic E-state index is 0.114. The van der Waals surface area contributed by atoms with E-state index >= 15 is 0 Å². The standard InChI is InChI=1S/C19H15FN2O4/c1-22-10-15(17(23)14-9-12(20)6-7-16(14)22)18(24)21-13-5-3-4-11(8-13)19(25)26-2/h3-10H,1-2H3,(H,21,24). The van der Waals surface area contributed by atoms with Crippen LogP contribution in [0, 0.1) is 5.82 Å². The molecule has 1 heterocycles. The van der Waals surface area contributed by atoms with Crippen molar-refractivity contribution in [3.05, 3.63) is 75.8 Å². The highest BCUT2D eigenvalue weighted by molar-refractivity contribution is 6.06. The molecule has 132 valence electrons. The van der Waals surface area contributed by atoms with Gasteiger partial charge in [0, 0.05) is 24.3 Å². The molecular formula is C19H15FN2O4. The van der Waals surface area contributed by atoms with Crippen LogP contribution in [0.3, 0.4) is 0 Å². The minimum atomic E-state index is -0.654. The zero-order valence-electron chi connectivity index (χ0n) is 14.1. The topological polar surface area (TPSA) is 77.4 Å². The fourth-order valence-corrected chi connectivity index (χ4v) is 2.67. The summed E-state index contributed by atoms with van der Waals surface area (Å²) in [7, 11) is 2.92. The third kappa shape index (κ3) is 3.19. The first-order valence-electron chi connectivity index (χ1n) is 7.69. The lowest BCUT2D eigenvalue weighted by Crippen LogP contribution is -2.23. The van der Waals surface area contributed by atoms with Crippen LogP contribution in [0.5, 0.6) is 0 Å². The quantitative estimate of drug-likeness (QED) is 0.734. The monoisotopic (exact) mass is 354 g/mol. The Morgan fingerprint density at radius 3 is 2.65 bits per heavy atom. The molecule has 6 nitrogen and oxygen atoms in total. The fourth-order valence-electron chi connectivity index (χ4n) is 2.67.